The second-order valence-corrected chi connectivity index (χ2v) is 6.76. The van der Waals surface area contributed by atoms with Crippen LogP contribution >= 0.6 is 15.9 Å². The summed E-state index contributed by atoms with van der Waals surface area (Å²) in [5.74, 6) is -1.14. The SMILES string of the molecule is C[S@@](=O)c1ccccc1C(=O)OCC(=O)Nc1ccccc1Br. The molecule has 1 atom stereocenters. The average Bonchev–Trinajstić information content (AvgIpc) is 2.54. The summed E-state index contributed by atoms with van der Waals surface area (Å²) in [6.07, 6.45) is 1.48. The lowest BCUT2D eigenvalue weighted by Crippen LogP contribution is -2.21. The number of hydrogen-bond donors (Lipinski definition) is 1. The van der Waals surface area contributed by atoms with Crippen LogP contribution < -0.4 is 5.32 Å². The Kier molecular flexibility index (Phi) is 6.06. The monoisotopic (exact) mass is 395 g/mol. The first-order valence-electron chi connectivity index (χ1n) is 6.63. The summed E-state index contributed by atoms with van der Waals surface area (Å²) in [5.41, 5.74) is 0.783. The van der Waals surface area contributed by atoms with Crippen LogP contribution in [0.4, 0.5) is 5.69 Å². The number of amides is 1. The molecule has 5 nitrogen and oxygen atoms in total. The fourth-order valence-electron chi connectivity index (χ4n) is 1.84. The van der Waals surface area contributed by atoms with Crippen molar-refractivity contribution < 1.29 is 18.5 Å². The van der Waals surface area contributed by atoms with Crippen molar-refractivity contribution >= 4 is 44.3 Å². The molecule has 2 aromatic rings. The highest BCUT2D eigenvalue weighted by atomic mass is 79.9. The minimum absolute atomic E-state index is 0.196. The van der Waals surface area contributed by atoms with E-state index in [2.05, 4.69) is 21.2 Å². The third-order valence-electron chi connectivity index (χ3n) is 2.90. The highest BCUT2D eigenvalue weighted by Gasteiger charge is 2.16. The van der Waals surface area contributed by atoms with E-state index in [9.17, 15) is 13.8 Å². The van der Waals surface area contributed by atoms with Gasteiger partial charge in [-0.25, -0.2) is 4.79 Å². The second-order valence-electron chi connectivity index (χ2n) is 4.55. The predicted molar refractivity (Wildman–Crippen MR) is 91.8 cm³/mol. The van der Waals surface area contributed by atoms with Gasteiger partial charge in [-0.05, 0) is 40.2 Å². The van der Waals surface area contributed by atoms with Crippen molar-refractivity contribution in [3.05, 3.63) is 58.6 Å². The van der Waals surface area contributed by atoms with Gasteiger partial charge < -0.3 is 10.1 Å². The molecule has 0 heterocycles. The van der Waals surface area contributed by atoms with Crippen LogP contribution in [-0.4, -0.2) is 28.9 Å². The van der Waals surface area contributed by atoms with Gasteiger partial charge in [0.1, 0.15) is 0 Å². The van der Waals surface area contributed by atoms with Gasteiger partial charge >= 0.3 is 5.97 Å². The number of esters is 1. The van der Waals surface area contributed by atoms with E-state index < -0.39 is 29.3 Å². The molecule has 0 spiro atoms. The third-order valence-corrected chi connectivity index (χ3v) is 4.57. The molecule has 0 saturated carbocycles. The minimum Gasteiger partial charge on any atom is -0.452 e. The van der Waals surface area contributed by atoms with Crippen LogP contribution in [0, 0.1) is 0 Å². The largest absolute Gasteiger partial charge is 0.452 e. The molecule has 0 aromatic heterocycles. The van der Waals surface area contributed by atoms with E-state index in [-0.39, 0.29) is 5.56 Å². The van der Waals surface area contributed by atoms with Crippen LogP contribution in [0.25, 0.3) is 0 Å². The first-order chi connectivity index (χ1) is 11.0. The zero-order chi connectivity index (χ0) is 16.8. The zero-order valence-corrected chi connectivity index (χ0v) is 14.6. The number of hydrogen-bond acceptors (Lipinski definition) is 4. The van der Waals surface area contributed by atoms with Gasteiger partial charge in [0.25, 0.3) is 5.91 Å². The maximum Gasteiger partial charge on any atom is 0.339 e. The molecule has 2 aromatic carbocycles. The number of anilines is 1. The number of halogens is 1. The van der Waals surface area contributed by atoms with Gasteiger partial charge in [-0.1, -0.05) is 24.3 Å². The van der Waals surface area contributed by atoms with Gasteiger partial charge in [0.15, 0.2) is 6.61 Å². The van der Waals surface area contributed by atoms with E-state index in [1.165, 1.54) is 12.3 Å². The molecular formula is C16H14BrNO4S. The summed E-state index contributed by atoms with van der Waals surface area (Å²) in [6.45, 7) is -0.426. The summed E-state index contributed by atoms with van der Waals surface area (Å²) in [7, 11) is -1.32. The normalized spacial score (nSPS) is 11.6. The van der Waals surface area contributed by atoms with Crippen LogP contribution in [-0.2, 0) is 20.3 Å². The molecule has 1 amide bonds. The Labute approximate surface area is 144 Å². The van der Waals surface area contributed by atoms with Crippen molar-refractivity contribution in [2.45, 2.75) is 4.90 Å². The van der Waals surface area contributed by atoms with E-state index in [0.29, 0.717) is 10.6 Å². The molecule has 0 bridgehead atoms. The Morgan fingerprint density at radius 3 is 2.48 bits per heavy atom. The van der Waals surface area contributed by atoms with Crippen LogP contribution in [0.5, 0.6) is 0 Å². The molecule has 23 heavy (non-hydrogen) atoms. The van der Waals surface area contributed by atoms with Crippen molar-refractivity contribution in [2.24, 2.45) is 0 Å². The molecule has 0 aliphatic rings. The van der Waals surface area contributed by atoms with Crippen LogP contribution in [0.2, 0.25) is 0 Å². The molecule has 0 saturated heterocycles. The molecule has 0 aliphatic carbocycles. The molecule has 0 fully saturated rings. The fourth-order valence-corrected chi connectivity index (χ4v) is 2.96. The first-order valence-corrected chi connectivity index (χ1v) is 8.98. The Bertz CT molecular complexity index is 763. The molecule has 1 N–H and O–H groups in total. The van der Waals surface area contributed by atoms with E-state index in [1.807, 2.05) is 6.07 Å². The molecule has 7 heteroatoms. The number of ether oxygens (including phenoxy) is 1. The topological polar surface area (TPSA) is 72.5 Å². The number of nitrogens with one attached hydrogen (secondary N) is 1. The third kappa shape index (κ3) is 4.74. The average molecular weight is 396 g/mol. The van der Waals surface area contributed by atoms with E-state index in [4.69, 9.17) is 4.74 Å². The summed E-state index contributed by atoms with van der Waals surface area (Å²) in [4.78, 5) is 24.3. The van der Waals surface area contributed by atoms with E-state index in [1.54, 1.807) is 36.4 Å². The second kappa shape index (κ2) is 8.03. The number of benzene rings is 2. The first kappa shape index (κ1) is 17.4. The standard InChI is InChI=1S/C16H14BrNO4S/c1-23(21)14-9-5-2-6-11(14)16(20)22-10-15(19)18-13-8-4-3-7-12(13)17/h2-9H,10H2,1H3,(H,18,19)/t23-/m1/s1. The molecule has 2 rings (SSSR count). The van der Waals surface area contributed by atoms with Gasteiger partial charge in [0, 0.05) is 10.7 Å². The lowest BCUT2D eigenvalue weighted by Gasteiger charge is -2.09. The van der Waals surface area contributed by atoms with Crippen molar-refractivity contribution in [2.75, 3.05) is 18.2 Å². The van der Waals surface area contributed by atoms with Gasteiger partial charge in [-0.15, -0.1) is 0 Å². The molecule has 120 valence electrons. The predicted octanol–water partition coefficient (Wildman–Crippen LogP) is 2.98. The van der Waals surface area contributed by atoms with E-state index in [0.717, 1.165) is 4.47 Å². The van der Waals surface area contributed by atoms with Crippen LogP contribution in [0.3, 0.4) is 0 Å². The van der Waals surface area contributed by atoms with Crippen LogP contribution in [0.15, 0.2) is 57.9 Å². The minimum atomic E-state index is -1.32. The summed E-state index contributed by atoms with van der Waals surface area (Å²) >= 11 is 3.31. The Hall–Kier alpha value is -1.99. The molecule has 0 unspecified atom stereocenters. The Morgan fingerprint density at radius 2 is 1.78 bits per heavy atom. The van der Waals surface area contributed by atoms with Gasteiger partial charge in [0.2, 0.25) is 0 Å². The van der Waals surface area contributed by atoms with Crippen molar-refractivity contribution in [1.82, 2.24) is 0 Å². The summed E-state index contributed by atoms with van der Waals surface area (Å²) < 4.78 is 17.3. The molecular weight excluding hydrogens is 382 g/mol. The number of carbonyl (C=O) groups excluding carboxylic acids is 2. The maximum atomic E-state index is 12.0. The van der Waals surface area contributed by atoms with Crippen molar-refractivity contribution in [1.29, 1.82) is 0 Å². The quantitative estimate of drug-likeness (QED) is 0.789. The van der Waals surface area contributed by atoms with Crippen molar-refractivity contribution in [3.8, 4) is 0 Å². The Morgan fingerprint density at radius 1 is 1.13 bits per heavy atom. The lowest BCUT2D eigenvalue weighted by molar-refractivity contribution is -0.119. The summed E-state index contributed by atoms with van der Waals surface area (Å²) in [5, 5.41) is 2.63. The Balaban J connectivity index is 1.98. The lowest BCUT2D eigenvalue weighted by atomic mass is 10.2. The van der Waals surface area contributed by atoms with Gasteiger partial charge in [-0.3, -0.25) is 9.00 Å². The van der Waals surface area contributed by atoms with Crippen molar-refractivity contribution in [3.63, 3.8) is 0 Å². The number of rotatable bonds is 5. The van der Waals surface area contributed by atoms with E-state index >= 15 is 0 Å². The highest BCUT2D eigenvalue weighted by Crippen LogP contribution is 2.21. The van der Waals surface area contributed by atoms with Gasteiger partial charge in [-0.2, -0.15) is 0 Å². The summed E-state index contributed by atoms with van der Waals surface area (Å²) in [6, 6.07) is 13.5. The van der Waals surface area contributed by atoms with Gasteiger partial charge in [0.05, 0.1) is 26.9 Å². The zero-order valence-electron chi connectivity index (χ0n) is 12.2. The maximum absolute atomic E-state index is 12.0. The number of carbonyl (C=O) groups is 2. The van der Waals surface area contributed by atoms with Crippen LogP contribution in [0.1, 0.15) is 10.4 Å². The molecule has 0 aliphatic heterocycles. The smallest absolute Gasteiger partial charge is 0.339 e. The molecule has 0 radical (unpaired) electrons. The fraction of sp³-hybridized carbons (Fsp3) is 0.125. The highest BCUT2D eigenvalue weighted by molar-refractivity contribution is 9.10. The number of para-hydroxylation sites is 1.